The van der Waals surface area contributed by atoms with Crippen LogP contribution in [-0.4, -0.2) is 27.1 Å². The molecule has 0 aliphatic rings. The summed E-state index contributed by atoms with van der Waals surface area (Å²) in [5.41, 5.74) is 5.66. The molecule has 3 aromatic rings. The number of carbonyl (C=O) groups is 1. The molecule has 1 amide bonds. The number of carbonyl (C=O) groups excluding carboxylic acids is 1. The summed E-state index contributed by atoms with van der Waals surface area (Å²) in [6.07, 6.45) is 1.52. The fraction of sp³-hybridized carbons (Fsp3) is 0.130. The summed E-state index contributed by atoms with van der Waals surface area (Å²) >= 11 is 0. The number of amides is 1. The van der Waals surface area contributed by atoms with Crippen LogP contribution in [0.5, 0.6) is 0 Å². The number of benzene rings is 3. The number of anilines is 1. The van der Waals surface area contributed by atoms with E-state index in [0.717, 1.165) is 21.0 Å². The molecular weight excluding hydrogens is 398 g/mol. The molecule has 3 rings (SSSR count). The zero-order valence-corrected chi connectivity index (χ0v) is 17.6. The number of sulfonamides is 1. The Morgan fingerprint density at radius 3 is 2.30 bits per heavy atom. The van der Waals surface area contributed by atoms with Crippen molar-refractivity contribution in [1.29, 1.82) is 0 Å². The number of aryl methyl sites for hydroxylation is 2. The first-order valence-electron chi connectivity index (χ1n) is 9.39. The second kappa shape index (κ2) is 9.37. The van der Waals surface area contributed by atoms with Crippen LogP contribution in [0.4, 0.5) is 5.69 Å². The van der Waals surface area contributed by atoms with Gasteiger partial charge in [-0.15, -0.1) is 0 Å². The summed E-state index contributed by atoms with van der Waals surface area (Å²) in [4.78, 5) is 12.6. The topological polar surface area (TPSA) is 78.8 Å². The molecule has 6 nitrogen and oxygen atoms in total. The average Bonchev–Trinajstić information content (AvgIpc) is 2.73. The van der Waals surface area contributed by atoms with Gasteiger partial charge in [0, 0.05) is 0 Å². The van der Waals surface area contributed by atoms with Crippen LogP contribution in [-0.2, 0) is 14.8 Å². The molecule has 1 N–H and O–H groups in total. The van der Waals surface area contributed by atoms with Crippen molar-refractivity contribution in [1.82, 2.24) is 5.43 Å². The minimum atomic E-state index is -3.93. The number of nitrogens with zero attached hydrogens (tertiary/aromatic N) is 2. The Balaban J connectivity index is 1.81. The lowest BCUT2D eigenvalue weighted by Gasteiger charge is -2.23. The number of hydrogen-bond donors (Lipinski definition) is 1. The minimum absolute atomic E-state index is 0.119. The van der Waals surface area contributed by atoms with Gasteiger partial charge in [0.15, 0.2) is 0 Å². The van der Waals surface area contributed by atoms with E-state index < -0.39 is 22.5 Å². The lowest BCUT2D eigenvalue weighted by atomic mass is 10.2. The minimum Gasteiger partial charge on any atom is -0.271 e. The molecular formula is C23H23N3O3S. The van der Waals surface area contributed by atoms with Crippen molar-refractivity contribution < 1.29 is 13.2 Å². The Hall–Kier alpha value is -3.45. The highest BCUT2D eigenvalue weighted by Gasteiger charge is 2.27. The van der Waals surface area contributed by atoms with Gasteiger partial charge in [-0.2, -0.15) is 5.10 Å². The van der Waals surface area contributed by atoms with Crippen molar-refractivity contribution >= 4 is 27.8 Å². The van der Waals surface area contributed by atoms with Crippen LogP contribution < -0.4 is 9.73 Å². The number of hydrazone groups is 1. The van der Waals surface area contributed by atoms with Crippen molar-refractivity contribution in [3.63, 3.8) is 0 Å². The predicted molar refractivity (Wildman–Crippen MR) is 119 cm³/mol. The van der Waals surface area contributed by atoms with Crippen molar-refractivity contribution in [2.24, 2.45) is 5.10 Å². The van der Waals surface area contributed by atoms with E-state index in [0.29, 0.717) is 5.69 Å². The monoisotopic (exact) mass is 421 g/mol. The van der Waals surface area contributed by atoms with Gasteiger partial charge in [0.05, 0.1) is 16.8 Å². The summed E-state index contributed by atoms with van der Waals surface area (Å²) in [5.74, 6) is -0.543. The Bertz CT molecular complexity index is 1140. The van der Waals surface area contributed by atoms with Crippen LogP contribution in [0.25, 0.3) is 0 Å². The summed E-state index contributed by atoms with van der Waals surface area (Å²) < 4.78 is 27.5. The maximum atomic E-state index is 13.2. The van der Waals surface area contributed by atoms with E-state index in [1.54, 1.807) is 42.5 Å². The van der Waals surface area contributed by atoms with E-state index in [2.05, 4.69) is 10.5 Å². The van der Waals surface area contributed by atoms with Gasteiger partial charge < -0.3 is 0 Å². The van der Waals surface area contributed by atoms with E-state index in [1.165, 1.54) is 18.3 Å². The van der Waals surface area contributed by atoms with E-state index in [9.17, 15) is 13.2 Å². The van der Waals surface area contributed by atoms with Crippen LogP contribution in [0.3, 0.4) is 0 Å². The molecule has 0 fully saturated rings. The van der Waals surface area contributed by atoms with Gasteiger partial charge in [-0.3, -0.25) is 9.10 Å². The Kier molecular flexibility index (Phi) is 6.64. The van der Waals surface area contributed by atoms with Gasteiger partial charge in [0.2, 0.25) is 0 Å². The SMILES string of the molecule is Cc1ccc(S(=O)(=O)N(CC(=O)N/N=C\c2cccc(C)c2)c2ccccc2)cc1. The van der Waals surface area contributed by atoms with E-state index in [-0.39, 0.29) is 4.90 Å². The fourth-order valence-corrected chi connectivity index (χ4v) is 4.26. The number of nitrogens with one attached hydrogen (secondary N) is 1. The first-order valence-corrected chi connectivity index (χ1v) is 10.8. The standard InChI is InChI=1S/C23H23N3O3S/c1-18-11-13-22(14-12-18)30(28,29)26(21-9-4-3-5-10-21)17-23(27)25-24-16-20-8-6-7-19(2)15-20/h3-16H,17H2,1-2H3,(H,25,27)/b24-16-. The molecule has 0 unspecified atom stereocenters. The van der Waals surface area contributed by atoms with E-state index in [4.69, 9.17) is 0 Å². The normalized spacial score (nSPS) is 11.4. The molecule has 0 aliphatic carbocycles. The van der Waals surface area contributed by atoms with Gasteiger partial charge >= 0.3 is 0 Å². The molecule has 0 atom stereocenters. The Morgan fingerprint density at radius 2 is 1.63 bits per heavy atom. The third kappa shape index (κ3) is 5.33. The predicted octanol–water partition coefficient (Wildman–Crippen LogP) is 3.65. The largest absolute Gasteiger partial charge is 0.271 e. The summed E-state index contributed by atoms with van der Waals surface area (Å²) in [6.45, 7) is 3.44. The highest BCUT2D eigenvalue weighted by atomic mass is 32.2. The number of hydrogen-bond acceptors (Lipinski definition) is 4. The highest BCUT2D eigenvalue weighted by Crippen LogP contribution is 2.23. The molecule has 0 bridgehead atoms. The maximum absolute atomic E-state index is 13.2. The molecule has 154 valence electrons. The quantitative estimate of drug-likeness (QED) is 0.467. The molecule has 7 heteroatoms. The third-order valence-corrected chi connectivity index (χ3v) is 6.17. The summed E-state index contributed by atoms with van der Waals surface area (Å²) in [7, 11) is -3.93. The number of rotatable bonds is 7. The first-order chi connectivity index (χ1) is 14.4. The summed E-state index contributed by atoms with van der Waals surface area (Å²) in [6, 6.07) is 22.7. The Morgan fingerprint density at radius 1 is 0.933 bits per heavy atom. The smallest absolute Gasteiger partial charge is 0.264 e. The number of para-hydroxylation sites is 1. The van der Waals surface area contributed by atoms with Crippen molar-refractivity contribution in [2.75, 3.05) is 10.8 Å². The maximum Gasteiger partial charge on any atom is 0.264 e. The average molecular weight is 422 g/mol. The van der Waals surface area contributed by atoms with Gasteiger partial charge in [-0.1, -0.05) is 65.7 Å². The second-order valence-electron chi connectivity index (χ2n) is 6.87. The van der Waals surface area contributed by atoms with Gasteiger partial charge in [0.1, 0.15) is 6.54 Å². The summed E-state index contributed by atoms with van der Waals surface area (Å²) in [5, 5.41) is 3.95. The molecule has 3 aromatic carbocycles. The third-order valence-electron chi connectivity index (χ3n) is 4.39. The van der Waals surface area contributed by atoms with Crippen molar-refractivity contribution in [3.8, 4) is 0 Å². The lowest BCUT2D eigenvalue weighted by Crippen LogP contribution is -2.39. The van der Waals surface area contributed by atoms with Crippen LogP contribution in [0.15, 0.2) is 88.9 Å². The van der Waals surface area contributed by atoms with Gasteiger partial charge in [0.25, 0.3) is 15.9 Å². The molecule has 0 aromatic heterocycles. The Labute approximate surface area is 176 Å². The molecule has 0 saturated heterocycles. The fourth-order valence-electron chi connectivity index (χ4n) is 2.84. The highest BCUT2D eigenvalue weighted by molar-refractivity contribution is 7.92. The van der Waals surface area contributed by atoms with Crippen LogP contribution >= 0.6 is 0 Å². The molecule has 0 aliphatic heterocycles. The van der Waals surface area contributed by atoms with Crippen LogP contribution in [0.1, 0.15) is 16.7 Å². The van der Waals surface area contributed by atoms with E-state index >= 15 is 0 Å². The molecule has 0 saturated carbocycles. The molecule has 0 heterocycles. The first kappa shape index (κ1) is 21.3. The lowest BCUT2D eigenvalue weighted by molar-refractivity contribution is -0.119. The second-order valence-corrected chi connectivity index (χ2v) is 8.73. The van der Waals surface area contributed by atoms with Crippen molar-refractivity contribution in [2.45, 2.75) is 18.7 Å². The van der Waals surface area contributed by atoms with E-state index in [1.807, 2.05) is 38.1 Å². The van der Waals surface area contributed by atoms with Crippen molar-refractivity contribution in [3.05, 3.63) is 95.6 Å². The van der Waals surface area contributed by atoms with Gasteiger partial charge in [-0.25, -0.2) is 13.8 Å². The van der Waals surface area contributed by atoms with Crippen LogP contribution in [0.2, 0.25) is 0 Å². The molecule has 30 heavy (non-hydrogen) atoms. The molecule has 0 spiro atoms. The zero-order chi connectivity index (χ0) is 21.6. The molecule has 0 radical (unpaired) electrons. The van der Waals surface area contributed by atoms with Gasteiger partial charge in [-0.05, 0) is 43.7 Å². The zero-order valence-electron chi connectivity index (χ0n) is 16.8. The van der Waals surface area contributed by atoms with Crippen LogP contribution in [0, 0.1) is 13.8 Å².